The number of hydrogen-bond acceptors (Lipinski definition) is 2. The number of pyridine rings is 1. The van der Waals surface area contributed by atoms with Crippen molar-refractivity contribution in [1.82, 2.24) is 4.98 Å². The highest BCUT2D eigenvalue weighted by Crippen LogP contribution is 2.44. The molecule has 2 N–H and O–H groups in total. The molecule has 0 radical (unpaired) electrons. The Morgan fingerprint density at radius 2 is 1.96 bits per heavy atom. The maximum absolute atomic E-state index is 13.7. The fraction of sp³-hybridized carbons (Fsp3) is 0.647. The summed E-state index contributed by atoms with van der Waals surface area (Å²) < 4.78 is 27.3. The summed E-state index contributed by atoms with van der Waals surface area (Å²) in [6, 6.07) is 1.70. The molecule has 23 heavy (non-hydrogen) atoms. The van der Waals surface area contributed by atoms with Gasteiger partial charge in [-0.3, -0.25) is 9.59 Å². The first-order valence-electron chi connectivity index (χ1n) is 8.23. The molecule has 1 fully saturated rings. The molecule has 0 saturated heterocycles. The highest BCUT2D eigenvalue weighted by atomic mass is 19.3. The van der Waals surface area contributed by atoms with Crippen LogP contribution in [0.4, 0.5) is 14.5 Å². The third-order valence-corrected chi connectivity index (χ3v) is 5.05. The van der Waals surface area contributed by atoms with E-state index in [2.05, 4.69) is 10.3 Å². The molecule has 1 aromatic heterocycles. The number of aromatic nitrogens is 1. The zero-order valence-corrected chi connectivity index (χ0v) is 13.3. The Balaban J connectivity index is 1.81. The second kappa shape index (κ2) is 5.73. The van der Waals surface area contributed by atoms with E-state index in [1.807, 2.05) is 0 Å². The standard InChI is InChI=1S/C17H22F2N2O2/c1-16(7-4-8-17(18,19)10-16)15(23)21-13-9-11-5-2-3-6-12(11)20-14(13)22/h9H,2-8,10H2,1H3,(H,20,22)(H,21,23). The number of nitrogens with one attached hydrogen (secondary N) is 2. The van der Waals surface area contributed by atoms with Crippen molar-refractivity contribution in [2.75, 3.05) is 5.32 Å². The van der Waals surface area contributed by atoms with Crippen LogP contribution in [0.3, 0.4) is 0 Å². The van der Waals surface area contributed by atoms with Gasteiger partial charge in [-0.1, -0.05) is 6.92 Å². The van der Waals surface area contributed by atoms with Gasteiger partial charge in [0.2, 0.25) is 11.8 Å². The number of alkyl halides is 2. The van der Waals surface area contributed by atoms with Gasteiger partial charge in [0, 0.05) is 18.5 Å². The van der Waals surface area contributed by atoms with E-state index in [4.69, 9.17) is 0 Å². The van der Waals surface area contributed by atoms with Crippen molar-refractivity contribution < 1.29 is 13.6 Å². The van der Waals surface area contributed by atoms with Gasteiger partial charge in [0.05, 0.1) is 5.41 Å². The highest BCUT2D eigenvalue weighted by Gasteiger charge is 2.47. The topological polar surface area (TPSA) is 62.0 Å². The largest absolute Gasteiger partial charge is 0.324 e. The molecule has 1 unspecified atom stereocenters. The number of aryl methyl sites for hydroxylation is 2. The Morgan fingerprint density at radius 3 is 2.70 bits per heavy atom. The molecule has 0 bridgehead atoms. The summed E-state index contributed by atoms with van der Waals surface area (Å²) in [7, 11) is 0. The summed E-state index contributed by atoms with van der Waals surface area (Å²) in [5, 5.41) is 2.59. The number of fused-ring (bicyclic) bond motifs is 1. The Bertz CT molecular complexity index is 684. The van der Waals surface area contributed by atoms with Crippen LogP contribution in [0.5, 0.6) is 0 Å². The molecular formula is C17H22F2N2O2. The number of carbonyl (C=O) groups is 1. The minimum Gasteiger partial charge on any atom is -0.324 e. The molecule has 6 heteroatoms. The average Bonchev–Trinajstić information content (AvgIpc) is 2.46. The monoisotopic (exact) mass is 324 g/mol. The molecule has 0 spiro atoms. The third-order valence-electron chi connectivity index (χ3n) is 5.05. The normalized spacial score (nSPS) is 26.4. The van der Waals surface area contributed by atoms with Crippen LogP contribution in [0.1, 0.15) is 56.7 Å². The minimum atomic E-state index is -2.81. The lowest BCUT2D eigenvalue weighted by molar-refractivity contribution is -0.137. The third kappa shape index (κ3) is 3.31. The van der Waals surface area contributed by atoms with Gasteiger partial charge in [0.15, 0.2) is 0 Å². The summed E-state index contributed by atoms with van der Waals surface area (Å²) in [5.74, 6) is -3.30. The Kier molecular flexibility index (Phi) is 4.02. The van der Waals surface area contributed by atoms with Gasteiger partial charge in [-0.05, 0) is 50.2 Å². The van der Waals surface area contributed by atoms with Crippen LogP contribution in [0.25, 0.3) is 0 Å². The van der Waals surface area contributed by atoms with E-state index in [1.54, 1.807) is 13.0 Å². The van der Waals surface area contributed by atoms with Crippen molar-refractivity contribution in [3.63, 3.8) is 0 Å². The number of anilines is 1. The average molecular weight is 324 g/mol. The van der Waals surface area contributed by atoms with Gasteiger partial charge >= 0.3 is 0 Å². The lowest BCUT2D eigenvalue weighted by Gasteiger charge is -2.36. The van der Waals surface area contributed by atoms with Crippen LogP contribution in [-0.4, -0.2) is 16.8 Å². The smallest absolute Gasteiger partial charge is 0.271 e. The first-order valence-corrected chi connectivity index (χ1v) is 8.23. The number of aromatic amines is 1. The Hall–Kier alpha value is -1.72. The molecule has 1 heterocycles. The summed E-state index contributed by atoms with van der Waals surface area (Å²) in [6.07, 6.45) is 3.89. The molecule has 2 aliphatic carbocycles. The van der Waals surface area contributed by atoms with E-state index < -0.39 is 23.7 Å². The molecule has 2 aliphatic rings. The van der Waals surface area contributed by atoms with Gasteiger partial charge in [0.1, 0.15) is 5.69 Å². The van der Waals surface area contributed by atoms with Crippen molar-refractivity contribution in [3.05, 3.63) is 27.7 Å². The SMILES string of the molecule is CC1(C(=O)Nc2cc3c([nH]c2=O)CCCC3)CCCC(F)(F)C1. The number of amides is 1. The Labute approximate surface area is 133 Å². The van der Waals surface area contributed by atoms with E-state index in [9.17, 15) is 18.4 Å². The first kappa shape index (κ1) is 16.1. The summed E-state index contributed by atoms with van der Waals surface area (Å²) in [6.45, 7) is 1.56. The fourth-order valence-corrected chi connectivity index (χ4v) is 3.72. The zero-order valence-electron chi connectivity index (χ0n) is 13.3. The van der Waals surface area contributed by atoms with Crippen molar-refractivity contribution in [2.45, 2.75) is 64.2 Å². The van der Waals surface area contributed by atoms with Crippen molar-refractivity contribution >= 4 is 11.6 Å². The second-order valence-electron chi connectivity index (χ2n) is 7.12. The van der Waals surface area contributed by atoms with Crippen molar-refractivity contribution in [1.29, 1.82) is 0 Å². The van der Waals surface area contributed by atoms with E-state index >= 15 is 0 Å². The molecular weight excluding hydrogens is 302 g/mol. The van der Waals surface area contributed by atoms with Crippen LogP contribution in [-0.2, 0) is 17.6 Å². The number of halogens is 2. The molecule has 4 nitrogen and oxygen atoms in total. The van der Waals surface area contributed by atoms with Crippen LogP contribution in [0.15, 0.2) is 10.9 Å². The van der Waals surface area contributed by atoms with E-state index in [-0.39, 0.29) is 17.7 Å². The highest BCUT2D eigenvalue weighted by molar-refractivity contribution is 5.95. The lowest BCUT2D eigenvalue weighted by Crippen LogP contribution is -2.42. The number of carbonyl (C=O) groups excluding carboxylic acids is 1. The van der Waals surface area contributed by atoms with Gasteiger partial charge in [-0.2, -0.15) is 0 Å². The maximum Gasteiger partial charge on any atom is 0.271 e. The second-order valence-corrected chi connectivity index (χ2v) is 7.12. The molecule has 1 atom stereocenters. The van der Waals surface area contributed by atoms with Crippen LogP contribution >= 0.6 is 0 Å². The fourth-order valence-electron chi connectivity index (χ4n) is 3.72. The maximum atomic E-state index is 13.7. The molecule has 0 aliphatic heterocycles. The predicted molar refractivity (Wildman–Crippen MR) is 83.9 cm³/mol. The van der Waals surface area contributed by atoms with Gasteiger partial charge in [-0.25, -0.2) is 8.78 Å². The van der Waals surface area contributed by atoms with Gasteiger partial charge in [-0.15, -0.1) is 0 Å². The molecule has 1 amide bonds. The lowest BCUT2D eigenvalue weighted by atomic mass is 9.73. The van der Waals surface area contributed by atoms with E-state index in [1.165, 1.54) is 0 Å². The summed E-state index contributed by atoms with van der Waals surface area (Å²) in [4.78, 5) is 27.4. The van der Waals surface area contributed by atoms with Gasteiger partial charge in [0.25, 0.3) is 5.56 Å². The van der Waals surface area contributed by atoms with Crippen molar-refractivity contribution in [2.24, 2.45) is 5.41 Å². The number of H-pyrrole nitrogens is 1. The number of hydrogen-bond donors (Lipinski definition) is 2. The predicted octanol–water partition coefficient (Wildman–Crippen LogP) is 3.41. The minimum absolute atomic E-state index is 0.171. The van der Waals surface area contributed by atoms with Crippen LogP contribution in [0, 0.1) is 5.41 Å². The molecule has 1 aromatic rings. The van der Waals surface area contributed by atoms with E-state index in [0.717, 1.165) is 36.9 Å². The van der Waals surface area contributed by atoms with Crippen LogP contribution in [0.2, 0.25) is 0 Å². The summed E-state index contributed by atoms with van der Waals surface area (Å²) >= 11 is 0. The van der Waals surface area contributed by atoms with Crippen LogP contribution < -0.4 is 10.9 Å². The molecule has 1 saturated carbocycles. The number of rotatable bonds is 2. The summed E-state index contributed by atoms with van der Waals surface area (Å²) in [5.41, 5.74) is 0.639. The zero-order chi connectivity index (χ0) is 16.7. The van der Waals surface area contributed by atoms with E-state index in [0.29, 0.717) is 12.8 Å². The quantitative estimate of drug-likeness (QED) is 0.876. The molecule has 3 rings (SSSR count). The molecule has 126 valence electrons. The Morgan fingerprint density at radius 1 is 1.22 bits per heavy atom. The van der Waals surface area contributed by atoms with Crippen molar-refractivity contribution in [3.8, 4) is 0 Å². The first-order chi connectivity index (χ1) is 10.8. The van der Waals surface area contributed by atoms with Gasteiger partial charge < -0.3 is 10.3 Å². The molecule has 0 aromatic carbocycles.